The Hall–Kier alpha value is -3.13. The number of piperidine rings is 1. The van der Waals surface area contributed by atoms with Gasteiger partial charge in [-0.05, 0) is 107 Å². The Bertz CT molecular complexity index is 1900. The first kappa shape index (κ1) is 58.4. The van der Waals surface area contributed by atoms with Gasteiger partial charge in [-0.3, -0.25) is 24.0 Å². The van der Waals surface area contributed by atoms with Crippen LogP contribution in [0.4, 0.5) is 0 Å². The van der Waals surface area contributed by atoms with Gasteiger partial charge in [-0.1, -0.05) is 93.7 Å². The lowest BCUT2D eigenvalue weighted by molar-refractivity contribution is -0.265. The third-order valence-corrected chi connectivity index (χ3v) is 15.5. The van der Waals surface area contributed by atoms with E-state index in [4.69, 9.17) is 28.4 Å². The lowest BCUT2D eigenvalue weighted by Gasteiger charge is -2.42. The van der Waals surface area contributed by atoms with E-state index in [1.807, 2.05) is 80.7 Å². The van der Waals surface area contributed by atoms with Gasteiger partial charge in [0, 0.05) is 58.5 Å². The molecule has 1 saturated carbocycles. The van der Waals surface area contributed by atoms with Crippen molar-refractivity contribution in [1.82, 2.24) is 4.90 Å². The Kier molecular flexibility index (Phi) is 23.4. The van der Waals surface area contributed by atoms with Gasteiger partial charge in [0.15, 0.2) is 5.78 Å². The molecule has 2 N–H and O–H groups in total. The molecule has 16 heteroatoms. The summed E-state index contributed by atoms with van der Waals surface area (Å²) in [5, 5.41) is 23.5. The molecule has 0 unspecified atom stereocenters. The Balaban J connectivity index is 1.70. The van der Waals surface area contributed by atoms with E-state index in [0.29, 0.717) is 69.8 Å². The maximum Gasteiger partial charge on any atom is 0.329 e. The molecule has 0 aromatic carbocycles. The molecular weight excluding hydrogens is 1000 g/mol. The predicted octanol–water partition coefficient (Wildman–Crippen LogP) is 7.17. The molecule has 3 heterocycles. The van der Waals surface area contributed by atoms with Crippen molar-refractivity contribution in [3.05, 3.63) is 47.6 Å². The molecule has 0 spiro atoms. The molecule has 3 fully saturated rings. The molecule has 69 heavy (non-hydrogen) atoms. The van der Waals surface area contributed by atoms with E-state index >= 15 is 0 Å². The third kappa shape index (κ3) is 15.9. The summed E-state index contributed by atoms with van der Waals surface area (Å²) in [4.78, 5) is 84.4. The lowest BCUT2D eigenvalue weighted by Crippen LogP contribution is -2.61. The molecule has 3 aliphatic heterocycles. The summed E-state index contributed by atoms with van der Waals surface area (Å²) in [6, 6.07) is -1.16. The van der Waals surface area contributed by atoms with Crippen molar-refractivity contribution in [3.8, 4) is 0 Å². The minimum atomic E-state index is -2.44. The number of ketones is 3. The molecule has 4 rings (SSSR count). The van der Waals surface area contributed by atoms with E-state index in [1.165, 1.54) is 12.0 Å². The lowest BCUT2D eigenvalue weighted by atomic mass is 9.78. The first-order valence-electron chi connectivity index (χ1n) is 24.9. The smallest absolute Gasteiger partial charge is 0.329 e. The summed E-state index contributed by atoms with van der Waals surface area (Å²) >= 11 is 1.96. The van der Waals surface area contributed by atoms with Crippen LogP contribution in [0.1, 0.15) is 126 Å². The molecule has 4 aliphatic rings. The first-order valence-corrected chi connectivity index (χ1v) is 26.5. The predicted molar refractivity (Wildman–Crippen MR) is 268 cm³/mol. The van der Waals surface area contributed by atoms with Gasteiger partial charge in [0.05, 0.1) is 22.7 Å². The van der Waals surface area contributed by atoms with Crippen LogP contribution in [-0.4, -0.2) is 137 Å². The van der Waals surface area contributed by atoms with Crippen LogP contribution < -0.4 is 0 Å². The maximum atomic E-state index is 14.5. The average Bonchev–Trinajstić information content (AvgIpc) is 3.33. The van der Waals surface area contributed by atoms with Crippen LogP contribution in [0, 0.1) is 35.5 Å². The number of methoxy groups -OCH3 is 3. The Morgan fingerprint density at radius 3 is 2.28 bits per heavy atom. The fourth-order valence-electron chi connectivity index (χ4n) is 10.4. The van der Waals surface area contributed by atoms with Crippen LogP contribution in [-0.2, 0) is 57.2 Å². The number of halogens is 1. The fourth-order valence-corrected chi connectivity index (χ4v) is 10.6. The van der Waals surface area contributed by atoms with E-state index < -0.39 is 83.9 Å². The van der Waals surface area contributed by atoms with Gasteiger partial charge in [-0.25, -0.2) is 4.79 Å². The number of aliphatic hydroxyl groups excluding tert-OH is 1. The molecule has 1 aliphatic carbocycles. The summed E-state index contributed by atoms with van der Waals surface area (Å²) < 4.78 is 35.6. The Morgan fingerprint density at radius 2 is 1.61 bits per heavy atom. The summed E-state index contributed by atoms with van der Waals surface area (Å²) in [6.07, 6.45) is 11.2. The summed E-state index contributed by atoms with van der Waals surface area (Å²) in [7, 11) is 4.53. The quantitative estimate of drug-likeness (QED) is 0.0815. The van der Waals surface area contributed by atoms with Crippen molar-refractivity contribution in [2.75, 3.05) is 32.3 Å². The number of cyclic esters (lactones) is 1. The van der Waals surface area contributed by atoms with Crippen molar-refractivity contribution < 1.29 is 67.4 Å². The van der Waals surface area contributed by atoms with Gasteiger partial charge < -0.3 is 43.5 Å². The number of Topliss-reactive ketones (excluding diaryl/α,β-unsaturated/α-hetero) is 3. The summed E-state index contributed by atoms with van der Waals surface area (Å²) in [5.74, 6) is -8.47. The van der Waals surface area contributed by atoms with Gasteiger partial charge in [0.25, 0.3) is 11.7 Å². The average molecular weight is 1080 g/mol. The number of carbonyl (C=O) groups is 6. The molecule has 0 radical (unpaired) electrons. The number of nitrogens with zero attached hydrogens (tertiary/aromatic N) is 1. The highest BCUT2D eigenvalue weighted by atomic mass is 127. The highest BCUT2D eigenvalue weighted by Crippen LogP contribution is 2.38. The van der Waals surface area contributed by atoms with Crippen LogP contribution in [0.3, 0.4) is 0 Å². The first-order chi connectivity index (χ1) is 32.7. The highest BCUT2D eigenvalue weighted by Gasteiger charge is 2.53. The maximum absolute atomic E-state index is 14.5. The van der Waals surface area contributed by atoms with E-state index in [0.717, 1.165) is 5.57 Å². The molecule has 0 aromatic rings. The van der Waals surface area contributed by atoms with Crippen LogP contribution in [0.2, 0.25) is 0 Å². The van der Waals surface area contributed by atoms with E-state index in [-0.39, 0.29) is 65.2 Å². The number of allylic oxidation sites excluding steroid dienone is 6. The van der Waals surface area contributed by atoms with E-state index in [1.54, 1.807) is 41.1 Å². The van der Waals surface area contributed by atoms with Crippen molar-refractivity contribution in [2.45, 2.75) is 180 Å². The topological polar surface area (TPSA) is 201 Å². The zero-order valence-corrected chi connectivity index (χ0v) is 44.7. The normalized spacial score (nSPS) is 38.7. The molecule has 15 atom stereocenters. The van der Waals surface area contributed by atoms with Crippen molar-refractivity contribution in [2.24, 2.45) is 35.5 Å². The number of aliphatic hydroxyl groups is 2. The van der Waals surface area contributed by atoms with E-state index in [9.17, 15) is 39.0 Å². The molecule has 1 amide bonds. The Morgan fingerprint density at radius 1 is 0.884 bits per heavy atom. The van der Waals surface area contributed by atoms with Gasteiger partial charge in [0.1, 0.15) is 36.2 Å². The SMILES string of the molecule is CO[C@H]1C[C@@H]2CC[C@@H](C)[C@@](O)(O2)C(=O)C(=O)N2CCCC[C@H]2C(=O)O[C@H]([C@H](C)C[C@@H]2CC[C@@H](OC(=O)CI)[C@H](OC)C2)CC(=O)[C@H](C)/C=C(\C)[C@@H](O)[C@@H](OC)C(=O)[C@H](C)C[C@H](C)/C=C/C=C/C=C/1C. The van der Waals surface area contributed by atoms with Crippen LogP contribution in [0.15, 0.2) is 47.6 Å². The van der Waals surface area contributed by atoms with Crippen LogP contribution in [0.25, 0.3) is 0 Å². The van der Waals surface area contributed by atoms with Gasteiger partial charge in [-0.2, -0.15) is 0 Å². The number of ether oxygens (including phenoxy) is 6. The van der Waals surface area contributed by atoms with Crippen LogP contribution in [0.5, 0.6) is 0 Å². The number of rotatable bonds is 8. The zero-order valence-electron chi connectivity index (χ0n) is 42.6. The fraction of sp³-hybridized carbons (Fsp3) is 0.736. The van der Waals surface area contributed by atoms with Crippen molar-refractivity contribution in [1.29, 1.82) is 0 Å². The molecule has 2 saturated heterocycles. The second-order valence-corrected chi connectivity index (χ2v) is 20.9. The summed E-state index contributed by atoms with van der Waals surface area (Å²) in [6.45, 7) is 12.7. The number of hydrogen-bond donors (Lipinski definition) is 2. The van der Waals surface area contributed by atoms with Gasteiger partial charge in [0.2, 0.25) is 5.79 Å². The molecule has 2 bridgehead atoms. The van der Waals surface area contributed by atoms with Gasteiger partial charge in [-0.15, -0.1) is 0 Å². The largest absolute Gasteiger partial charge is 0.460 e. The number of carbonyl (C=O) groups excluding carboxylic acids is 6. The standard InChI is InChI=1S/C53H80INO14/c1-31-16-12-11-13-17-32(2)43(64-8)28-39-21-19-37(7)53(63,69-39)50(60)51(61)55-23-15-14-18-40(55)52(62)68-44(34(4)26-38-20-22-42(45(27-38)65-9)67-46(57)30-54)29-41(56)33(3)25-36(6)48(59)49(66-10)47(58)35(5)24-31/h11-13,16-17,25,31,33-35,37-40,42-45,48-49,59,63H,14-15,18-24,26-30H2,1-10H3/b13-11+,16-12+,32-17+,36-25+/t31-,33-,34-,35-,37-,38+,39+,40+,42-,43+,44+,45-,48-,49+,53-/m1/s1. The van der Waals surface area contributed by atoms with Gasteiger partial charge >= 0.3 is 11.9 Å². The third-order valence-electron chi connectivity index (χ3n) is 14.8. The second kappa shape index (κ2) is 27.6. The molecule has 0 aromatic heterocycles. The Labute approximate surface area is 423 Å². The number of fused-ring (bicyclic) bond motifs is 3. The number of amides is 1. The number of alkyl halides is 1. The van der Waals surface area contributed by atoms with Crippen LogP contribution >= 0.6 is 22.6 Å². The summed E-state index contributed by atoms with van der Waals surface area (Å²) in [5.41, 5.74) is 1.25. The van der Waals surface area contributed by atoms with E-state index in [2.05, 4.69) is 0 Å². The zero-order chi connectivity index (χ0) is 51.2. The minimum Gasteiger partial charge on any atom is -0.460 e. The monoisotopic (exact) mass is 1080 g/mol. The minimum absolute atomic E-state index is 0.0105. The molecular formula is C53H80INO14. The molecule has 15 nitrogen and oxygen atoms in total. The highest BCUT2D eigenvalue weighted by molar-refractivity contribution is 14.1. The number of esters is 2. The van der Waals surface area contributed by atoms with Crippen molar-refractivity contribution >= 4 is 57.8 Å². The second-order valence-electron chi connectivity index (χ2n) is 20.2. The molecule has 388 valence electrons. The van der Waals surface area contributed by atoms with Crippen molar-refractivity contribution in [3.63, 3.8) is 0 Å². The number of hydrogen-bond acceptors (Lipinski definition) is 14.